The van der Waals surface area contributed by atoms with Crippen LogP contribution < -0.4 is 10.6 Å². The summed E-state index contributed by atoms with van der Waals surface area (Å²) in [5.74, 6) is 0. The molecule has 0 aromatic heterocycles. The van der Waals surface area contributed by atoms with Crippen LogP contribution in [0, 0.1) is 0 Å². The minimum atomic E-state index is 0.125. The monoisotopic (exact) mass is 206 g/mol. The summed E-state index contributed by atoms with van der Waals surface area (Å²) in [5.41, 5.74) is 8.27. The Hall–Kier alpha value is -1.02. The summed E-state index contributed by atoms with van der Waals surface area (Å²) < 4.78 is 0. The predicted octanol–water partition coefficient (Wildman–Crippen LogP) is 2.94. The number of benzene rings is 1. The van der Waals surface area contributed by atoms with Gasteiger partial charge < -0.3 is 10.6 Å². The minimum absolute atomic E-state index is 0.125. The van der Waals surface area contributed by atoms with E-state index < -0.39 is 0 Å². The lowest BCUT2D eigenvalue weighted by Gasteiger charge is -2.19. The molecule has 2 nitrogen and oxygen atoms in total. The van der Waals surface area contributed by atoms with Crippen molar-refractivity contribution in [1.29, 1.82) is 0 Å². The van der Waals surface area contributed by atoms with Crippen molar-refractivity contribution in [2.24, 2.45) is 5.73 Å². The van der Waals surface area contributed by atoms with E-state index in [1.165, 1.54) is 24.1 Å². The summed E-state index contributed by atoms with van der Waals surface area (Å²) in [5, 5.41) is 0. The summed E-state index contributed by atoms with van der Waals surface area (Å²) >= 11 is 0. The van der Waals surface area contributed by atoms with E-state index in [0.29, 0.717) is 0 Å². The molecular weight excluding hydrogens is 184 g/mol. The van der Waals surface area contributed by atoms with Crippen LogP contribution in [0.1, 0.15) is 38.3 Å². The van der Waals surface area contributed by atoms with Gasteiger partial charge in [0.15, 0.2) is 0 Å². The van der Waals surface area contributed by atoms with Crippen molar-refractivity contribution in [1.82, 2.24) is 0 Å². The lowest BCUT2D eigenvalue weighted by molar-refractivity contribution is 0.765. The van der Waals surface area contributed by atoms with Crippen LogP contribution in [0.2, 0.25) is 0 Å². The average Bonchev–Trinajstić information content (AvgIpc) is 2.26. The number of unbranched alkanes of at least 4 members (excludes halogenated alkanes) is 1. The first-order valence-electron chi connectivity index (χ1n) is 5.71. The lowest BCUT2D eigenvalue weighted by Crippen LogP contribution is -2.18. The van der Waals surface area contributed by atoms with E-state index >= 15 is 0 Å². The van der Waals surface area contributed by atoms with Gasteiger partial charge in [0.2, 0.25) is 0 Å². The number of hydrogen-bond acceptors (Lipinski definition) is 2. The topological polar surface area (TPSA) is 29.3 Å². The maximum Gasteiger partial charge on any atom is 0.0363 e. The second-order valence-electron chi connectivity index (χ2n) is 4.16. The first kappa shape index (κ1) is 12.1. The Morgan fingerprint density at radius 2 is 1.87 bits per heavy atom. The summed E-state index contributed by atoms with van der Waals surface area (Å²) in [6.45, 7) is 5.34. The highest BCUT2D eigenvalue weighted by molar-refractivity contribution is 5.47. The van der Waals surface area contributed by atoms with Crippen LogP contribution >= 0.6 is 0 Å². The fourth-order valence-electron chi connectivity index (χ4n) is 1.56. The maximum atomic E-state index is 5.81. The molecule has 15 heavy (non-hydrogen) atoms. The highest BCUT2D eigenvalue weighted by atomic mass is 15.1. The zero-order valence-corrected chi connectivity index (χ0v) is 10.0. The van der Waals surface area contributed by atoms with Gasteiger partial charge in [0.1, 0.15) is 0 Å². The third kappa shape index (κ3) is 3.56. The molecule has 1 rings (SSSR count). The van der Waals surface area contributed by atoms with Gasteiger partial charge in [-0.3, -0.25) is 0 Å². The van der Waals surface area contributed by atoms with E-state index in [-0.39, 0.29) is 6.04 Å². The molecular formula is C13H22N2. The van der Waals surface area contributed by atoms with Crippen molar-refractivity contribution in [2.75, 3.05) is 18.5 Å². The number of nitrogens with zero attached hydrogens (tertiary/aromatic N) is 1. The van der Waals surface area contributed by atoms with Gasteiger partial charge in [-0.25, -0.2) is 0 Å². The van der Waals surface area contributed by atoms with Gasteiger partial charge in [-0.1, -0.05) is 25.5 Å². The molecule has 1 atom stereocenters. The summed E-state index contributed by atoms with van der Waals surface area (Å²) in [7, 11) is 2.14. The molecule has 0 bridgehead atoms. The first-order valence-corrected chi connectivity index (χ1v) is 5.71. The largest absolute Gasteiger partial charge is 0.375 e. The van der Waals surface area contributed by atoms with E-state index in [1.807, 2.05) is 6.92 Å². The van der Waals surface area contributed by atoms with E-state index in [1.54, 1.807) is 0 Å². The Labute approximate surface area is 93.1 Å². The third-order valence-electron chi connectivity index (χ3n) is 2.71. The smallest absolute Gasteiger partial charge is 0.0363 e. The van der Waals surface area contributed by atoms with Crippen LogP contribution in [0.3, 0.4) is 0 Å². The number of hydrogen-bond donors (Lipinski definition) is 1. The van der Waals surface area contributed by atoms with Crippen LogP contribution in [0.15, 0.2) is 24.3 Å². The average molecular weight is 206 g/mol. The van der Waals surface area contributed by atoms with Crippen molar-refractivity contribution < 1.29 is 0 Å². The van der Waals surface area contributed by atoms with Gasteiger partial charge in [-0.05, 0) is 31.0 Å². The van der Waals surface area contributed by atoms with Crippen LogP contribution in [0.25, 0.3) is 0 Å². The van der Waals surface area contributed by atoms with E-state index in [9.17, 15) is 0 Å². The van der Waals surface area contributed by atoms with Gasteiger partial charge in [0.05, 0.1) is 0 Å². The zero-order valence-electron chi connectivity index (χ0n) is 10.0. The highest BCUT2D eigenvalue weighted by Gasteiger charge is 2.02. The van der Waals surface area contributed by atoms with Crippen molar-refractivity contribution in [3.63, 3.8) is 0 Å². The van der Waals surface area contributed by atoms with Crippen LogP contribution in [0.5, 0.6) is 0 Å². The van der Waals surface area contributed by atoms with Crippen molar-refractivity contribution in [3.05, 3.63) is 29.8 Å². The molecule has 0 spiro atoms. The zero-order chi connectivity index (χ0) is 11.3. The van der Waals surface area contributed by atoms with Crippen LogP contribution in [0.4, 0.5) is 5.69 Å². The molecule has 0 aliphatic rings. The molecule has 2 N–H and O–H groups in total. The molecule has 1 aromatic carbocycles. The maximum absolute atomic E-state index is 5.81. The fourth-order valence-corrected chi connectivity index (χ4v) is 1.56. The fraction of sp³-hybridized carbons (Fsp3) is 0.538. The van der Waals surface area contributed by atoms with Crippen molar-refractivity contribution in [2.45, 2.75) is 32.7 Å². The third-order valence-corrected chi connectivity index (χ3v) is 2.71. The molecule has 1 aromatic rings. The Kier molecular flexibility index (Phi) is 4.63. The van der Waals surface area contributed by atoms with Gasteiger partial charge in [-0.2, -0.15) is 0 Å². The van der Waals surface area contributed by atoms with Crippen molar-refractivity contribution >= 4 is 5.69 Å². The van der Waals surface area contributed by atoms with Crippen LogP contribution in [-0.2, 0) is 0 Å². The molecule has 84 valence electrons. The molecule has 0 saturated carbocycles. The Morgan fingerprint density at radius 1 is 1.27 bits per heavy atom. The molecule has 0 aliphatic carbocycles. The summed E-state index contributed by atoms with van der Waals surface area (Å²) in [6.07, 6.45) is 2.48. The molecule has 2 heteroatoms. The Bertz CT molecular complexity index is 277. The van der Waals surface area contributed by atoms with Crippen LogP contribution in [-0.4, -0.2) is 13.6 Å². The van der Waals surface area contributed by atoms with Gasteiger partial charge in [0, 0.05) is 25.3 Å². The van der Waals surface area contributed by atoms with E-state index in [2.05, 4.69) is 43.1 Å². The van der Waals surface area contributed by atoms with E-state index in [0.717, 1.165) is 6.54 Å². The standard InChI is InChI=1S/C13H22N2/c1-4-5-10-15(3)13-8-6-12(7-9-13)11(2)14/h6-9,11H,4-5,10,14H2,1-3H3/t11-/m0/s1. The molecule has 0 fully saturated rings. The second kappa shape index (κ2) is 5.76. The second-order valence-corrected chi connectivity index (χ2v) is 4.16. The lowest BCUT2D eigenvalue weighted by atomic mass is 10.1. The predicted molar refractivity (Wildman–Crippen MR) is 67.2 cm³/mol. The SMILES string of the molecule is CCCCN(C)c1ccc([C@H](C)N)cc1. The molecule has 0 amide bonds. The summed E-state index contributed by atoms with van der Waals surface area (Å²) in [4.78, 5) is 2.29. The number of nitrogens with two attached hydrogens (primary N) is 1. The molecule has 0 saturated heterocycles. The molecule has 0 radical (unpaired) electrons. The first-order chi connectivity index (χ1) is 7.15. The minimum Gasteiger partial charge on any atom is -0.375 e. The normalized spacial score (nSPS) is 12.5. The van der Waals surface area contributed by atoms with E-state index in [4.69, 9.17) is 5.73 Å². The van der Waals surface area contributed by atoms with Crippen molar-refractivity contribution in [3.8, 4) is 0 Å². The molecule has 0 heterocycles. The molecule has 0 unspecified atom stereocenters. The van der Waals surface area contributed by atoms with Gasteiger partial charge in [-0.15, -0.1) is 0 Å². The Morgan fingerprint density at radius 3 is 2.33 bits per heavy atom. The molecule has 0 aliphatic heterocycles. The summed E-state index contributed by atoms with van der Waals surface area (Å²) in [6, 6.07) is 8.65. The quantitative estimate of drug-likeness (QED) is 0.802. The van der Waals surface area contributed by atoms with Gasteiger partial charge in [0.25, 0.3) is 0 Å². The highest BCUT2D eigenvalue weighted by Crippen LogP contribution is 2.17. The van der Waals surface area contributed by atoms with Gasteiger partial charge >= 0.3 is 0 Å². The number of rotatable bonds is 5. The number of anilines is 1. The Balaban J connectivity index is 2.62.